The molecule has 0 unspecified atom stereocenters. The zero-order valence-electron chi connectivity index (χ0n) is 10.1. The van der Waals surface area contributed by atoms with Gasteiger partial charge in [0.25, 0.3) is 0 Å². The molecular weight excluding hydrogens is 216 g/mol. The van der Waals surface area contributed by atoms with Crippen LogP contribution in [0.4, 0.5) is 0 Å². The molecule has 1 aromatic carbocycles. The molecule has 0 bridgehead atoms. The number of carbonyl (C=O) groups is 1. The van der Waals surface area contributed by atoms with E-state index in [1.807, 2.05) is 25.4 Å². The van der Waals surface area contributed by atoms with Crippen molar-refractivity contribution < 1.29 is 15.3 Å². The zero-order chi connectivity index (χ0) is 12.4. The second kappa shape index (κ2) is 4.59. The van der Waals surface area contributed by atoms with Gasteiger partial charge in [0.2, 0.25) is 0 Å². The van der Waals surface area contributed by atoms with Crippen LogP contribution in [0.25, 0.3) is 10.9 Å². The number of methoxy groups -OCH3 is 1. The topological polar surface area (TPSA) is 58.9 Å². The van der Waals surface area contributed by atoms with E-state index in [4.69, 9.17) is 4.74 Å². The van der Waals surface area contributed by atoms with E-state index >= 15 is 0 Å². The molecule has 2 aromatic rings. The van der Waals surface area contributed by atoms with E-state index < -0.39 is 0 Å². The Bertz CT molecular complexity index is 545. The lowest BCUT2D eigenvalue weighted by Crippen LogP contribution is -2.66. The van der Waals surface area contributed by atoms with E-state index in [1.165, 1.54) is 18.0 Å². The van der Waals surface area contributed by atoms with Gasteiger partial charge in [0.1, 0.15) is 0 Å². The van der Waals surface area contributed by atoms with Gasteiger partial charge in [0.15, 0.2) is 6.04 Å². The van der Waals surface area contributed by atoms with Crippen LogP contribution in [0.3, 0.4) is 0 Å². The van der Waals surface area contributed by atoms with Crippen LogP contribution in [0.2, 0.25) is 0 Å². The van der Waals surface area contributed by atoms with Crippen LogP contribution < -0.4 is 5.73 Å². The molecule has 0 aliphatic heterocycles. The fraction of sp³-hybridized carbons (Fsp3) is 0.308. The molecule has 90 valence electrons. The van der Waals surface area contributed by atoms with Crippen LogP contribution >= 0.6 is 0 Å². The number of carbonyl (C=O) groups excluding carboxylic acids is 1. The number of para-hydroxylation sites is 1. The van der Waals surface area contributed by atoms with Crippen molar-refractivity contribution in [1.82, 2.24) is 4.57 Å². The third-order valence-corrected chi connectivity index (χ3v) is 2.98. The maximum absolute atomic E-state index is 11.4. The van der Waals surface area contributed by atoms with Gasteiger partial charge in [-0.05, 0) is 11.6 Å². The molecule has 1 atom stereocenters. The molecule has 0 fully saturated rings. The largest absolute Gasteiger partial charge is 0.465 e. The summed E-state index contributed by atoms with van der Waals surface area (Å²) >= 11 is 0. The van der Waals surface area contributed by atoms with Crippen LogP contribution in [-0.4, -0.2) is 23.7 Å². The summed E-state index contributed by atoms with van der Waals surface area (Å²) in [5.41, 5.74) is 6.14. The van der Waals surface area contributed by atoms with Crippen molar-refractivity contribution in [3.05, 3.63) is 36.0 Å². The fourth-order valence-corrected chi connectivity index (χ4v) is 2.10. The first kappa shape index (κ1) is 11.7. The number of benzene rings is 1. The van der Waals surface area contributed by atoms with Crippen molar-refractivity contribution in [2.24, 2.45) is 7.05 Å². The molecule has 0 saturated carbocycles. The molecule has 0 saturated heterocycles. The maximum atomic E-state index is 11.4. The van der Waals surface area contributed by atoms with Crippen molar-refractivity contribution in [2.45, 2.75) is 12.5 Å². The lowest BCUT2D eigenvalue weighted by atomic mass is 10.1. The number of hydrogen-bond donors (Lipinski definition) is 1. The highest BCUT2D eigenvalue weighted by molar-refractivity contribution is 5.85. The maximum Gasteiger partial charge on any atom is 0.364 e. The van der Waals surface area contributed by atoms with Gasteiger partial charge in [-0.3, -0.25) is 0 Å². The molecule has 17 heavy (non-hydrogen) atoms. The molecule has 0 spiro atoms. The second-order valence-corrected chi connectivity index (χ2v) is 4.21. The van der Waals surface area contributed by atoms with E-state index in [-0.39, 0.29) is 12.0 Å². The number of quaternary nitrogens is 1. The summed E-state index contributed by atoms with van der Waals surface area (Å²) in [5.74, 6) is -0.266. The first-order chi connectivity index (χ1) is 8.13. The van der Waals surface area contributed by atoms with E-state index in [9.17, 15) is 4.79 Å². The predicted octanol–water partition coefficient (Wildman–Crippen LogP) is 0.504. The molecule has 0 radical (unpaired) electrons. The van der Waals surface area contributed by atoms with Gasteiger partial charge in [0.05, 0.1) is 7.11 Å². The van der Waals surface area contributed by atoms with Gasteiger partial charge >= 0.3 is 5.97 Å². The van der Waals surface area contributed by atoms with Gasteiger partial charge < -0.3 is 15.0 Å². The Labute approximate surface area is 100.0 Å². The lowest BCUT2D eigenvalue weighted by molar-refractivity contribution is -0.407. The van der Waals surface area contributed by atoms with Crippen LogP contribution in [0.15, 0.2) is 30.5 Å². The standard InChI is InChI=1S/C13H16N2O2/c1-15-8-9(7-11(14)13(16)17-2)10-5-3-4-6-12(10)15/h3-6,8,11H,7,14H2,1-2H3/p+1/t11-/m1/s1. The molecular formula is C13H17N2O2+. The summed E-state index contributed by atoms with van der Waals surface area (Å²) in [5, 5.41) is 1.17. The molecule has 1 heterocycles. The summed E-state index contributed by atoms with van der Waals surface area (Å²) in [4.78, 5) is 11.4. The third-order valence-electron chi connectivity index (χ3n) is 2.98. The average Bonchev–Trinajstić information content (AvgIpc) is 2.66. The smallest absolute Gasteiger partial charge is 0.364 e. The van der Waals surface area contributed by atoms with Crippen molar-refractivity contribution in [2.75, 3.05) is 7.11 Å². The minimum atomic E-state index is -0.356. The van der Waals surface area contributed by atoms with Crippen molar-refractivity contribution in [3.63, 3.8) is 0 Å². The van der Waals surface area contributed by atoms with E-state index in [0.29, 0.717) is 6.42 Å². The number of hydrogen-bond acceptors (Lipinski definition) is 2. The molecule has 4 heteroatoms. The van der Waals surface area contributed by atoms with Crippen LogP contribution in [0.5, 0.6) is 0 Å². The fourth-order valence-electron chi connectivity index (χ4n) is 2.10. The van der Waals surface area contributed by atoms with Gasteiger partial charge in [-0.1, -0.05) is 18.2 Å². The summed E-state index contributed by atoms with van der Waals surface area (Å²) in [6, 6.07) is 7.78. The van der Waals surface area contributed by atoms with Crippen LogP contribution in [0.1, 0.15) is 5.56 Å². The minimum Gasteiger partial charge on any atom is -0.465 e. The Morgan fingerprint density at radius 2 is 2.18 bits per heavy atom. The van der Waals surface area contributed by atoms with Crippen molar-refractivity contribution in [1.29, 1.82) is 0 Å². The van der Waals surface area contributed by atoms with Gasteiger partial charge in [-0.25, -0.2) is 4.79 Å². The number of aromatic nitrogens is 1. The summed E-state index contributed by atoms with van der Waals surface area (Å²) in [6.07, 6.45) is 2.65. The van der Waals surface area contributed by atoms with Crippen molar-refractivity contribution in [3.8, 4) is 0 Å². The number of rotatable bonds is 3. The molecule has 2 rings (SSSR count). The number of fused-ring (bicyclic) bond motifs is 1. The Morgan fingerprint density at radius 1 is 1.47 bits per heavy atom. The zero-order valence-corrected chi connectivity index (χ0v) is 10.1. The van der Waals surface area contributed by atoms with Crippen LogP contribution in [-0.2, 0) is 23.0 Å². The number of nitrogens with zero attached hydrogens (tertiary/aromatic N) is 1. The Balaban J connectivity index is 2.33. The first-order valence-corrected chi connectivity index (χ1v) is 5.57. The second-order valence-electron chi connectivity index (χ2n) is 4.21. The highest BCUT2D eigenvalue weighted by Crippen LogP contribution is 2.21. The van der Waals surface area contributed by atoms with Crippen LogP contribution in [0, 0.1) is 0 Å². The van der Waals surface area contributed by atoms with Gasteiger partial charge in [-0.15, -0.1) is 0 Å². The number of esters is 1. The monoisotopic (exact) mass is 233 g/mol. The Morgan fingerprint density at radius 3 is 2.88 bits per heavy atom. The Hall–Kier alpha value is -1.81. The molecule has 4 nitrogen and oxygen atoms in total. The third kappa shape index (κ3) is 2.17. The molecule has 0 aliphatic rings. The molecule has 0 aliphatic carbocycles. The van der Waals surface area contributed by atoms with E-state index in [2.05, 4.69) is 22.4 Å². The quantitative estimate of drug-likeness (QED) is 0.785. The highest BCUT2D eigenvalue weighted by Gasteiger charge is 2.20. The first-order valence-electron chi connectivity index (χ1n) is 5.57. The SMILES string of the molecule is COC(=O)[C@H]([NH3+])Cc1cn(C)c2ccccc12. The number of aryl methyl sites for hydroxylation is 1. The van der Waals surface area contributed by atoms with Gasteiger partial charge in [0, 0.05) is 30.6 Å². The summed E-state index contributed by atoms with van der Waals surface area (Å²) in [7, 11) is 3.39. The van der Waals surface area contributed by atoms with E-state index in [1.54, 1.807) is 0 Å². The lowest BCUT2D eigenvalue weighted by Gasteiger charge is -2.04. The number of ether oxygens (including phenoxy) is 1. The van der Waals surface area contributed by atoms with E-state index in [0.717, 1.165) is 5.56 Å². The van der Waals surface area contributed by atoms with Crippen molar-refractivity contribution >= 4 is 16.9 Å². The van der Waals surface area contributed by atoms with Gasteiger partial charge in [-0.2, -0.15) is 0 Å². The molecule has 0 amide bonds. The predicted molar refractivity (Wildman–Crippen MR) is 65.3 cm³/mol. The normalized spacial score (nSPS) is 12.6. The molecule has 3 N–H and O–H groups in total. The Kier molecular flexibility index (Phi) is 3.15. The summed E-state index contributed by atoms with van der Waals surface area (Å²) < 4.78 is 6.76. The minimum absolute atomic E-state index is 0.266. The molecule has 1 aromatic heterocycles. The summed E-state index contributed by atoms with van der Waals surface area (Å²) in [6.45, 7) is 0. The highest BCUT2D eigenvalue weighted by atomic mass is 16.5. The average molecular weight is 233 g/mol.